The van der Waals surface area contributed by atoms with Crippen molar-refractivity contribution in [1.29, 1.82) is 5.41 Å². The van der Waals surface area contributed by atoms with Crippen molar-refractivity contribution in [2.24, 2.45) is 5.41 Å². The number of hydrogen-bond acceptors (Lipinski definition) is 5. The molecule has 3 heterocycles. The number of halogens is 2. The first-order valence-electron chi connectivity index (χ1n) is 16.5. The number of anilines is 1. The third-order valence-corrected chi connectivity index (χ3v) is 10.3. The van der Waals surface area contributed by atoms with E-state index in [0.717, 1.165) is 73.1 Å². The number of carbonyl (C=O) groups is 1. The number of alkyl halides is 2. The van der Waals surface area contributed by atoms with Crippen LogP contribution in [0.4, 0.5) is 14.5 Å². The standard InChI is InChI=1S/C36H46F2N4O3/c1-4-36(3)20-28(21-36)45-27-9-7-24(8-10-27)29-18-25-6-5-14-42(33(25)19-30(29)34(37)38)35(39)31-22-41(23(2)43)15-11-32(31)40-26-12-16-44-17-13-26/h7-10,18-19,26,28,34,39-40H,4-6,11-17,20-22H2,1-3H3. The van der Waals surface area contributed by atoms with E-state index in [-0.39, 0.29) is 29.5 Å². The molecule has 0 bridgehead atoms. The van der Waals surface area contributed by atoms with Gasteiger partial charge in [-0.25, -0.2) is 8.78 Å². The summed E-state index contributed by atoms with van der Waals surface area (Å²) in [6.07, 6.45) is 4.71. The summed E-state index contributed by atoms with van der Waals surface area (Å²) in [5, 5.41) is 13.0. The Morgan fingerprint density at radius 3 is 2.53 bits per heavy atom. The number of carbonyl (C=O) groups excluding carboxylic acids is 1. The van der Waals surface area contributed by atoms with Gasteiger partial charge in [-0.1, -0.05) is 32.4 Å². The molecular formula is C36H46F2N4O3. The van der Waals surface area contributed by atoms with Crippen LogP contribution in [0, 0.1) is 10.8 Å². The number of benzene rings is 2. The molecule has 0 radical (unpaired) electrons. The number of amidine groups is 1. The summed E-state index contributed by atoms with van der Waals surface area (Å²) in [5.41, 5.74) is 4.92. The minimum atomic E-state index is -2.67. The molecule has 242 valence electrons. The normalized spacial score (nSPS) is 23.9. The Labute approximate surface area is 265 Å². The molecule has 1 saturated heterocycles. The Kier molecular flexibility index (Phi) is 9.18. The number of hydrogen-bond donors (Lipinski definition) is 2. The highest BCUT2D eigenvalue weighted by atomic mass is 19.3. The smallest absolute Gasteiger partial charge is 0.264 e. The monoisotopic (exact) mass is 620 g/mol. The largest absolute Gasteiger partial charge is 0.490 e. The van der Waals surface area contributed by atoms with Gasteiger partial charge in [0.15, 0.2) is 0 Å². The summed E-state index contributed by atoms with van der Waals surface area (Å²) in [5.74, 6) is 1.02. The molecule has 2 aromatic rings. The third kappa shape index (κ3) is 6.74. The first-order chi connectivity index (χ1) is 21.6. The second kappa shape index (κ2) is 13.1. The lowest BCUT2D eigenvalue weighted by Crippen LogP contribution is -2.46. The van der Waals surface area contributed by atoms with E-state index in [4.69, 9.17) is 9.47 Å². The van der Waals surface area contributed by atoms with Gasteiger partial charge in [-0.2, -0.15) is 0 Å². The van der Waals surface area contributed by atoms with Gasteiger partial charge in [0.25, 0.3) is 6.43 Å². The summed E-state index contributed by atoms with van der Waals surface area (Å²) in [4.78, 5) is 16.0. The van der Waals surface area contributed by atoms with E-state index in [0.29, 0.717) is 55.9 Å². The first kappa shape index (κ1) is 31.5. The fourth-order valence-corrected chi connectivity index (χ4v) is 7.29. The average molecular weight is 621 g/mol. The van der Waals surface area contributed by atoms with Gasteiger partial charge in [-0.05, 0) is 84.9 Å². The van der Waals surface area contributed by atoms with Crippen LogP contribution in [0.3, 0.4) is 0 Å². The van der Waals surface area contributed by atoms with Crippen molar-refractivity contribution in [2.45, 2.75) is 90.7 Å². The molecule has 2 fully saturated rings. The van der Waals surface area contributed by atoms with Crippen LogP contribution in [0.2, 0.25) is 0 Å². The lowest BCUT2D eigenvalue weighted by atomic mass is 9.66. The van der Waals surface area contributed by atoms with Gasteiger partial charge < -0.3 is 24.6 Å². The molecule has 0 aromatic heterocycles. The Morgan fingerprint density at radius 1 is 1.13 bits per heavy atom. The third-order valence-electron chi connectivity index (χ3n) is 10.3. The van der Waals surface area contributed by atoms with Crippen LogP contribution < -0.4 is 15.0 Å². The molecule has 2 N–H and O–H groups in total. The zero-order valence-corrected chi connectivity index (χ0v) is 26.8. The summed E-state index contributed by atoms with van der Waals surface area (Å²) in [6.45, 7) is 8.94. The zero-order chi connectivity index (χ0) is 31.7. The van der Waals surface area contributed by atoms with Crippen molar-refractivity contribution < 1.29 is 23.0 Å². The Hall–Kier alpha value is -3.46. The Bertz CT molecular complexity index is 1440. The second-order valence-corrected chi connectivity index (χ2v) is 13.5. The van der Waals surface area contributed by atoms with Gasteiger partial charge in [-0.3, -0.25) is 10.2 Å². The molecule has 0 unspecified atom stereocenters. The van der Waals surface area contributed by atoms with Gasteiger partial charge in [-0.15, -0.1) is 0 Å². The molecule has 6 rings (SSSR count). The van der Waals surface area contributed by atoms with Gasteiger partial charge in [0.05, 0.1) is 12.6 Å². The molecule has 9 heteroatoms. The number of fused-ring (bicyclic) bond motifs is 1. The van der Waals surface area contributed by atoms with E-state index < -0.39 is 6.43 Å². The van der Waals surface area contributed by atoms with Gasteiger partial charge in [0, 0.05) is 68.2 Å². The van der Waals surface area contributed by atoms with Crippen LogP contribution in [0.15, 0.2) is 47.7 Å². The topological polar surface area (TPSA) is 77.9 Å². The SMILES string of the molecule is CCC1(C)CC(Oc2ccc(-c3cc4c(cc3C(F)F)N(C(=N)C3=C(NC5CCOCC5)CCN(C(C)=O)C3)CCC4)cc2)C1. The first-order valence-corrected chi connectivity index (χ1v) is 16.5. The lowest BCUT2D eigenvalue weighted by molar-refractivity contribution is -0.128. The molecule has 2 aromatic carbocycles. The van der Waals surface area contributed by atoms with E-state index in [9.17, 15) is 19.0 Å². The van der Waals surface area contributed by atoms with Crippen LogP contribution in [-0.2, 0) is 16.0 Å². The minimum absolute atomic E-state index is 0.0300. The number of rotatable bonds is 8. The van der Waals surface area contributed by atoms with Crippen molar-refractivity contribution >= 4 is 17.4 Å². The maximum Gasteiger partial charge on any atom is 0.264 e. The fraction of sp³-hybridized carbons (Fsp3) is 0.556. The Morgan fingerprint density at radius 2 is 1.87 bits per heavy atom. The zero-order valence-electron chi connectivity index (χ0n) is 26.8. The van der Waals surface area contributed by atoms with Gasteiger partial charge in [0.2, 0.25) is 5.91 Å². The van der Waals surface area contributed by atoms with E-state index in [1.54, 1.807) is 17.9 Å². The highest BCUT2D eigenvalue weighted by Crippen LogP contribution is 2.45. The predicted molar refractivity (Wildman–Crippen MR) is 173 cm³/mol. The minimum Gasteiger partial charge on any atom is -0.490 e. The summed E-state index contributed by atoms with van der Waals surface area (Å²) in [6, 6.07) is 11.3. The summed E-state index contributed by atoms with van der Waals surface area (Å²) in [7, 11) is 0. The summed E-state index contributed by atoms with van der Waals surface area (Å²) >= 11 is 0. The fourth-order valence-electron chi connectivity index (χ4n) is 7.29. The van der Waals surface area contributed by atoms with Crippen LogP contribution >= 0.6 is 0 Å². The quantitative estimate of drug-likeness (QED) is 0.240. The number of aryl methyl sites for hydroxylation is 1. The number of nitrogens with zero attached hydrogens (tertiary/aromatic N) is 2. The molecule has 1 aliphatic carbocycles. The lowest BCUT2D eigenvalue weighted by Gasteiger charge is -2.44. The van der Waals surface area contributed by atoms with Crippen molar-refractivity contribution in [1.82, 2.24) is 10.2 Å². The van der Waals surface area contributed by atoms with Crippen LogP contribution in [0.1, 0.15) is 83.3 Å². The van der Waals surface area contributed by atoms with E-state index >= 15 is 0 Å². The molecule has 3 aliphatic heterocycles. The summed E-state index contributed by atoms with van der Waals surface area (Å²) < 4.78 is 41.0. The van der Waals surface area contributed by atoms with E-state index in [2.05, 4.69) is 19.2 Å². The van der Waals surface area contributed by atoms with Crippen molar-refractivity contribution in [3.63, 3.8) is 0 Å². The van der Waals surface area contributed by atoms with Crippen molar-refractivity contribution in [3.05, 3.63) is 58.8 Å². The number of amides is 1. The van der Waals surface area contributed by atoms with Crippen molar-refractivity contribution in [2.75, 3.05) is 37.7 Å². The molecule has 4 aliphatic rings. The van der Waals surface area contributed by atoms with E-state index in [1.807, 2.05) is 35.2 Å². The number of ether oxygens (including phenoxy) is 2. The highest BCUT2D eigenvalue weighted by Gasteiger charge is 2.40. The van der Waals surface area contributed by atoms with E-state index in [1.165, 1.54) is 0 Å². The predicted octanol–water partition coefficient (Wildman–Crippen LogP) is 7.25. The molecular weight excluding hydrogens is 574 g/mol. The maximum absolute atomic E-state index is 14.7. The molecule has 1 amide bonds. The maximum atomic E-state index is 14.7. The molecule has 7 nitrogen and oxygen atoms in total. The van der Waals surface area contributed by atoms with Gasteiger partial charge >= 0.3 is 0 Å². The van der Waals surface area contributed by atoms with Crippen LogP contribution in [-0.4, -0.2) is 61.6 Å². The second-order valence-electron chi connectivity index (χ2n) is 13.5. The Balaban J connectivity index is 1.27. The highest BCUT2D eigenvalue weighted by molar-refractivity contribution is 6.09. The molecule has 45 heavy (non-hydrogen) atoms. The molecule has 0 spiro atoms. The van der Waals surface area contributed by atoms with Crippen molar-refractivity contribution in [3.8, 4) is 16.9 Å². The van der Waals surface area contributed by atoms with Crippen LogP contribution in [0.25, 0.3) is 11.1 Å². The number of nitrogens with one attached hydrogen (secondary N) is 2. The van der Waals surface area contributed by atoms with Crippen LogP contribution in [0.5, 0.6) is 5.75 Å². The molecule has 1 saturated carbocycles. The average Bonchev–Trinajstić information content (AvgIpc) is 3.03. The van der Waals surface area contributed by atoms with Gasteiger partial charge in [0.1, 0.15) is 11.6 Å². The molecule has 0 atom stereocenters.